The fraction of sp³-hybridized carbons (Fsp3) is 0.0882. The Bertz CT molecular complexity index is 1770. The van der Waals surface area contributed by atoms with Gasteiger partial charge < -0.3 is 18.5 Å². The highest BCUT2D eigenvalue weighted by atomic mass is 79.9. The number of aryl methyl sites for hydroxylation is 2. The minimum absolute atomic E-state index is 0.0802. The van der Waals surface area contributed by atoms with E-state index in [1.807, 2.05) is 54.6 Å². The van der Waals surface area contributed by atoms with Crippen molar-refractivity contribution in [2.24, 2.45) is 5.10 Å². The molecule has 2 aromatic heterocycles. The lowest BCUT2D eigenvalue weighted by Crippen LogP contribution is -2.17. The van der Waals surface area contributed by atoms with Crippen molar-refractivity contribution >= 4 is 40.1 Å². The molecule has 0 saturated carbocycles. The van der Waals surface area contributed by atoms with Crippen LogP contribution in [0.2, 0.25) is 0 Å². The van der Waals surface area contributed by atoms with Crippen molar-refractivity contribution in [2.45, 2.75) is 20.5 Å². The van der Waals surface area contributed by atoms with Gasteiger partial charge in [-0.25, -0.2) is 10.2 Å². The van der Waals surface area contributed by atoms with Crippen LogP contribution in [0.15, 0.2) is 117 Å². The highest BCUT2D eigenvalue weighted by molar-refractivity contribution is 9.10. The lowest BCUT2D eigenvalue weighted by molar-refractivity contribution is -0.128. The number of hydrogen-bond donors (Lipinski definition) is 1. The first-order chi connectivity index (χ1) is 20.9. The lowest BCUT2D eigenvalue weighted by Gasteiger charge is -2.10. The van der Waals surface area contributed by atoms with Gasteiger partial charge in [0.15, 0.2) is 5.76 Å². The molecule has 0 atom stereocenters. The quantitative estimate of drug-likeness (QED) is 0.0565. The zero-order valence-electron chi connectivity index (χ0n) is 23.5. The van der Waals surface area contributed by atoms with Gasteiger partial charge in [-0.1, -0.05) is 46.3 Å². The molecule has 0 unspecified atom stereocenters. The molecule has 2 heterocycles. The summed E-state index contributed by atoms with van der Waals surface area (Å²) in [5.74, 6) is 0.449. The maximum atomic E-state index is 12.6. The van der Waals surface area contributed by atoms with Crippen LogP contribution in [0, 0.1) is 13.8 Å². The molecule has 0 fully saturated rings. The molecule has 1 N–H and O–H groups in total. The minimum Gasteiger partial charge on any atom is -0.486 e. The van der Waals surface area contributed by atoms with E-state index in [2.05, 4.69) is 57.0 Å². The van der Waals surface area contributed by atoms with E-state index >= 15 is 0 Å². The van der Waals surface area contributed by atoms with Crippen molar-refractivity contribution < 1.29 is 23.5 Å². The predicted octanol–water partition coefficient (Wildman–Crippen LogP) is 7.41. The number of carbonyl (C=O) groups excluding carboxylic acids is 2. The van der Waals surface area contributed by atoms with Crippen LogP contribution in [-0.2, 0) is 11.4 Å². The Hall–Kier alpha value is -5.15. The summed E-state index contributed by atoms with van der Waals surface area (Å²) in [4.78, 5) is 25.0. The normalized spacial score (nSPS) is 11.2. The third-order valence-electron chi connectivity index (χ3n) is 6.40. The van der Waals surface area contributed by atoms with E-state index in [9.17, 15) is 9.59 Å². The number of hydrogen-bond acceptors (Lipinski definition) is 6. The summed E-state index contributed by atoms with van der Waals surface area (Å²) in [6, 6.07) is 29.7. The monoisotopic (exact) mass is 637 g/mol. The average Bonchev–Trinajstić information content (AvgIpc) is 3.63. The number of furan rings is 1. The fourth-order valence-electron chi connectivity index (χ4n) is 4.30. The number of rotatable bonds is 10. The van der Waals surface area contributed by atoms with Crippen molar-refractivity contribution in [1.82, 2.24) is 9.99 Å². The van der Waals surface area contributed by atoms with Crippen LogP contribution >= 0.6 is 15.9 Å². The van der Waals surface area contributed by atoms with Gasteiger partial charge >= 0.3 is 11.9 Å². The lowest BCUT2D eigenvalue weighted by atomic mass is 10.2. The predicted molar refractivity (Wildman–Crippen MR) is 169 cm³/mol. The fourth-order valence-corrected chi connectivity index (χ4v) is 4.68. The Morgan fingerprint density at radius 3 is 2.42 bits per heavy atom. The number of halogens is 1. The van der Waals surface area contributed by atoms with E-state index in [0.29, 0.717) is 17.1 Å². The van der Waals surface area contributed by atoms with Crippen molar-refractivity contribution in [2.75, 3.05) is 0 Å². The van der Waals surface area contributed by atoms with Gasteiger partial charge in [0, 0.05) is 33.2 Å². The highest BCUT2D eigenvalue weighted by Gasteiger charge is 2.12. The van der Waals surface area contributed by atoms with E-state index in [1.165, 1.54) is 12.3 Å². The van der Waals surface area contributed by atoms with Crippen LogP contribution in [0.25, 0.3) is 11.8 Å². The van der Waals surface area contributed by atoms with Gasteiger partial charge in [0.05, 0.1) is 6.21 Å². The Labute approximate surface area is 257 Å². The van der Waals surface area contributed by atoms with Crippen LogP contribution in [0.4, 0.5) is 0 Å². The van der Waals surface area contributed by atoms with Gasteiger partial charge in [-0.2, -0.15) is 5.10 Å². The number of esters is 1. The molecule has 9 heteroatoms. The zero-order chi connectivity index (χ0) is 30.2. The maximum absolute atomic E-state index is 12.6. The summed E-state index contributed by atoms with van der Waals surface area (Å²) < 4.78 is 19.9. The topological polar surface area (TPSA) is 95.1 Å². The van der Waals surface area contributed by atoms with Crippen LogP contribution < -0.4 is 14.9 Å². The number of amides is 1. The van der Waals surface area contributed by atoms with Crippen LogP contribution in [0.5, 0.6) is 11.5 Å². The summed E-state index contributed by atoms with van der Waals surface area (Å²) in [6.45, 7) is 4.28. The molecule has 8 nitrogen and oxygen atoms in total. The first-order valence-electron chi connectivity index (χ1n) is 13.4. The van der Waals surface area contributed by atoms with Gasteiger partial charge in [0.1, 0.15) is 23.9 Å². The molecule has 5 aromatic rings. The van der Waals surface area contributed by atoms with E-state index in [4.69, 9.17) is 13.9 Å². The molecule has 0 aliphatic carbocycles. The van der Waals surface area contributed by atoms with E-state index < -0.39 is 11.9 Å². The maximum Gasteiger partial charge on any atom is 0.336 e. The molecular weight excluding hydrogens is 610 g/mol. The largest absolute Gasteiger partial charge is 0.486 e. The van der Waals surface area contributed by atoms with Gasteiger partial charge in [0.25, 0.3) is 0 Å². The average molecular weight is 639 g/mol. The Balaban J connectivity index is 1.15. The summed E-state index contributed by atoms with van der Waals surface area (Å²) in [7, 11) is 0. The van der Waals surface area contributed by atoms with Gasteiger partial charge in [-0.3, -0.25) is 4.79 Å². The van der Waals surface area contributed by atoms with Gasteiger partial charge in [0.2, 0.25) is 0 Å². The van der Waals surface area contributed by atoms with Gasteiger partial charge in [-0.05, 0) is 92.2 Å². The first-order valence-corrected chi connectivity index (χ1v) is 14.2. The standard InChI is InChI=1S/C34H28BrN3O5/c1-23-8-9-24(2)38(23)28-12-14-29(15-13-28)41-22-30-16-18-32(42-30)34(40)37-36-21-26-20-27(35)11-17-31(26)43-33(39)19-10-25-6-4-3-5-7-25/h3-21H,22H2,1-2H3,(H,37,40)/b19-10+,36-21-. The molecule has 3 aromatic carbocycles. The van der Waals surface area contributed by atoms with E-state index in [0.717, 1.165) is 27.1 Å². The number of nitrogens with zero attached hydrogens (tertiary/aromatic N) is 2. The first kappa shape index (κ1) is 29.3. The second-order valence-electron chi connectivity index (χ2n) is 9.55. The van der Waals surface area contributed by atoms with Crippen LogP contribution in [0.1, 0.15) is 38.8 Å². The van der Waals surface area contributed by atoms with Crippen molar-refractivity contribution in [3.63, 3.8) is 0 Å². The molecule has 0 bridgehead atoms. The van der Waals surface area contributed by atoms with Crippen molar-refractivity contribution in [1.29, 1.82) is 0 Å². The smallest absolute Gasteiger partial charge is 0.336 e. The number of hydrazone groups is 1. The molecule has 43 heavy (non-hydrogen) atoms. The van der Waals surface area contributed by atoms with Crippen molar-refractivity contribution in [3.05, 3.63) is 142 Å². The highest BCUT2D eigenvalue weighted by Crippen LogP contribution is 2.23. The van der Waals surface area contributed by atoms with E-state index in [1.54, 1.807) is 36.4 Å². The minimum atomic E-state index is -0.544. The zero-order valence-corrected chi connectivity index (χ0v) is 25.1. The second kappa shape index (κ2) is 13.7. The Kier molecular flexibility index (Phi) is 9.33. The summed E-state index contributed by atoms with van der Waals surface area (Å²) in [6.07, 6.45) is 4.40. The summed E-state index contributed by atoms with van der Waals surface area (Å²) in [5, 5.41) is 4.02. The molecule has 0 spiro atoms. The molecular formula is C34H28BrN3O5. The van der Waals surface area contributed by atoms with Crippen LogP contribution in [-0.4, -0.2) is 22.7 Å². The third-order valence-corrected chi connectivity index (χ3v) is 6.89. The number of aromatic nitrogens is 1. The second-order valence-corrected chi connectivity index (χ2v) is 10.5. The third kappa shape index (κ3) is 7.78. The Morgan fingerprint density at radius 1 is 0.930 bits per heavy atom. The number of nitrogens with one attached hydrogen (secondary N) is 1. The molecule has 0 saturated heterocycles. The Morgan fingerprint density at radius 2 is 1.67 bits per heavy atom. The molecule has 0 radical (unpaired) electrons. The summed E-state index contributed by atoms with van der Waals surface area (Å²) in [5.41, 5.74) is 7.16. The van der Waals surface area contributed by atoms with Crippen LogP contribution in [0.3, 0.4) is 0 Å². The number of ether oxygens (including phenoxy) is 2. The molecule has 1 amide bonds. The number of benzene rings is 3. The molecule has 0 aliphatic rings. The molecule has 5 rings (SSSR count). The van der Waals surface area contributed by atoms with Crippen molar-refractivity contribution in [3.8, 4) is 17.2 Å². The SMILES string of the molecule is Cc1ccc(C)n1-c1ccc(OCc2ccc(C(=O)N/N=C\c3cc(Br)ccc3OC(=O)/C=C/c3ccccc3)o2)cc1. The van der Waals surface area contributed by atoms with E-state index in [-0.39, 0.29) is 18.1 Å². The van der Waals surface area contributed by atoms with Gasteiger partial charge in [-0.15, -0.1) is 0 Å². The number of carbonyl (C=O) groups is 2. The molecule has 216 valence electrons. The molecule has 0 aliphatic heterocycles. The summed E-state index contributed by atoms with van der Waals surface area (Å²) >= 11 is 3.40.